The molecule has 0 amide bonds. The number of aryl methyl sites for hydroxylation is 1. The summed E-state index contributed by atoms with van der Waals surface area (Å²) in [4.78, 5) is 5.60. The molecule has 2 fully saturated rings. The lowest BCUT2D eigenvalue weighted by molar-refractivity contribution is 0.136. The molecule has 1 aromatic heterocycles. The lowest BCUT2D eigenvalue weighted by atomic mass is 9.80. The molecule has 2 heterocycles. The van der Waals surface area contributed by atoms with Crippen molar-refractivity contribution in [3.8, 4) is 0 Å². The molecule has 22 heavy (non-hydrogen) atoms. The van der Waals surface area contributed by atoms with Gasteiger partial charge in [-0.1, -0.05) is 13.5 Å². The normalized spacial score (nSPS) is 36.0. The quantitative estimate of drug-likeness (QED) is 0.629. The summed E-state index contributed by atoms with van der Waals surface area (Å²) in [7, 11) is 0. The summed E-state index contributed by atoms with van der Waals surface area (Å²) >= 11 is 1.95. The fourth-order valence-electron chi connectivity index (χ4n) is 5.64. The average molecular weight is 314 g/mol. The van der Waals surface area contributed by atoms with Crippen molar-refractivity contribution in [2.75, 3.05) is 0 Å². The third kappa shape index (κ3) is 1.37. The van der Waals surface area contributed by atoms with Gasteiger partial charge in [-0.25, -0.2) is 0 Å². The van der Waals surface area contributed by atoms with Crippen molar-refractivity contribution in [3.05, 3.63) is 39.2 Å². The number of allylic oxidation sites excluding steroid dienone is 3. The molecule has 4 atom stereocenters. The second-order valence-corrected chi connectivity index (χ2v) is 9.73. The Morgan fingerprint density at radius 1 is 1.23 bits per heavy atom. The van der Waals surface area contributed by atoms with Crippen LogP contribution in [0, 0.1) is 25.7 Å². The van der Waals surface area contributed by atoms with Crippen LogP contribution in [-0.2, 0) is 5.41 Å². The van der Waals surface area contributed by atoms with E-state index in [1.807, 2.05) is 11.3 Å². The molecule has 0 aromatic carbocycles. The van der Waals surface area contributed by atoms with Gasteiger partial charge in [0.25, 0.3) is 0 Å². The van der Waals surface area contributed by atoms with Gasteiger partial charge in [0.2, 0.25) is 0 Å². The second kappa shape index (κ2) is 3.90. The molecule has 2 aliphatic carbocycles. The van der Waals surface area contributed by atoms with E-state index in [1.54, 1.807) is 11.3 Å². The van der Waals surface area contributed by atoms with Gasteiger partial charge >= 0.3 is 0 Å². The van der Waals surface area contributed by atoms with Crippen LogP contribution in [0.5, 0.6) is 0 Å². The van der Waals surface area contributed by atoms with Crippen LogP contribution in [0.4, 0.5) is 0 Å². The molecular formula is C20H27NS. The largest absolute Gasteiger partial charge is 0.366 e. The van der Waals surface area contributed by atoms with Crippen LogP contribution in [0.15, 0.2) is 18.4 Å². The standard InChI is InChI=1S/C20H27NS/c1-10-9-15-20(16-11(2)14(5)22-18(10)16)12(3)17(20)13(4)21(15)19(6,7)8/h9,12-13,17H,1H2,2-8H3. The molecule has 1 spiro atoms. The van der Waals surface area contributed by atoms with Gasteiger partial charge in [-0.2, -0.15) is 0 Å². The highest BCUT2D eigenvalue weighted by Gasteiger charge is 2.75. The highest BCUT2D eigenvalue weighted by atomic mass is 32.1. The smallest absolute Gasteiger partial charge is 0.0449 e. The molecule has 4 unspecified atom stereocenters. The van der Waals surface area contributed by atoms with E-state index in [4.69, 9.17) is 0 Å². The molecule has 118 valence electrons. The van der Waals surface area contributed by atoms with Crippen LogP contribution in [0.3, 0.4) is 0 Å². The molecular weight excluding hydrogens is 286 g/mol. The topological polar surface area (TPSA) is 3.24 Å². The monoisotopic (exact) mass is 313 g/mol. The number of likely N-dealkylation sites (tertiary alicyclic amines) is 1. The maximum absolute atomic E-state index is 4.39. The van der Waals surface area contributed by atoms with E-state index in [2.05, 4.69) is 66.0 Å². The number of nitrogens with zero attached hydrogens (tertiary/aromatic N) is 1. The first-order valence-corrected chi connectivity index (χ1v) is 9.26. The SMILES string of the molecule is C=C1C=C2N(C(C)(C)C)C(C)C3C(C)C23c2c1sc(C)c2C. The Balaban J connectivity index is 2.00. The summed E-state index contributed by atoms with van der Waals surface area (Å²) in [6.07, 6.45) is 2.41. The Labute approximate surface area is 138 Å². The zero-order valence-electron chi connectivity index (χ0n) is 14.9. The van der Waals surface area contributed by atoms with Gasteiger partial charge in [0, 0.05) is 32.4 Å². The van der Waals surface area contributed by atoms with Gasteiger partial charge in [-0.3, -0.25) is 0 Å². The molecule has 0 N–H and O–H groups in total. The fraction of sp³-hybridized carbons (Fsp3) is 0.600. The zero-order chi connectivity index (χ0) is 16.2. The maximum Gasteiger partial charge on any atom is 0.0449 e. The number of piperidine rings is 1. The minimum Gasteiger partial charge on any atom is -0.366 e. The lowest BCUT2D eigenvalue weighted by Gasteiger charge is -2.44. The predicted octanol–water partition coefficient (Wildman–Crippen LogP) is 5.28. The van der Waals surface area contributed by atoms with Crippen LogP contribution < -0.4 is 0 Å². The van der Waals surface area contributed by atoms with Gasteiger partial charge in [0.05, 0.1) is 0 Å². The Morgan fingerprint density at radius 2 is 1.86 bits per heavy atom. The van der Waals surface area contributed by atoms with E-state index in [0.29, 0.717) is 6.04 Å². The lowest BCUT2D eigenvalue weighted by Crippen LogP contribution is -2.46. The Bertz CT molecular complexity index is 730. The number of rotatable bonds is 0. The first kappa shape index (κ1) is 14.6. The third-order valence-electron chi connectivity index (χ3n) is 6.41. The minimum atomic E-state index is 0.169. The van der Waals surface area contributed by atoms with Gasteiger partial charge in [0.1, 0.15) is 0 Å². The van der Waals surface area contributed by atoms with Crippen LogP contribution in [0.2, 0.25) is 0 Å². The molecule has 1 aromatic rings. The third-order valence-corrected chi connectivity index (χ3v) is 7.69. The Morgan fingerprint density at radius 3 is 2.45 bits per heavy atom. The number of thiophene rings is 1. The molecule has 3 aliphatic rings. The molecule has 1 nitrogen and oxygen atoms in total. The molecule has 2 heteroatoms. The van der Waals surface area contributed by atoms with E-state index in [1.165, 1.54) is 20.9 Å². The van der Waals surface area contributed by atoms with Crippen LogP contribution >= 0.6 is 11.3 Å². The van der Waals surface area contributed by atoms with E-state index in [0.717, 1.165) is 11.8 Å². The molecule has 4 rings (SSSR count). The van der Waals surface area contributed by atoms with Gasteiger partial charge in [-0.05, 0) is 76.2 Å². The van der Waals surface area contributed by atoms with E-state index < -0.39 is 0 Å². The van der Waals surface area contributed by atoms with Crippen molar-refractivity contribution < 1.29 is 0 Å². The molecule has 1 saturated heterocycles. The van der Waals surface area contributed by atoms with E-state index >= 15 is 0 Å². The minimum absolute atomic E-state index is 0.169. The zero-order valence-corrected chi connectivity index (χ0v) is 15.7. The summed E-state index contributed by atoms with van der Waals surface area (Å²) in [6.45, 7) is 20.9. The van der Waals surface area contributed by atoms with Crippen molar-refractivity contribution >= 4 is 16.9 Å². The Hall–Kier alpha value is -1.02. The summed E-state index contributed by atoms with van der Waals surface area (Å²) in [6, 6.07) is 0.611. The maximum atomic E-state index is 4.39. The predicted molar refractivity (Wildman–Crippen MR) is 96.3 cm³/mol. The molecule has 0 radical (unpaired) electrons. The summed E-state index contributed by atoms with van der Waals surface area (Å²) in [5.74, 6) is 1.52. The van der Waals surface area contributed by atoms with Crippen LogP contribution in [-0.4, -0.2) is 16.5 Å². The highest BCUT2D eigenvalue weighted by Crippen LogP contribution is 2.75. The van der Waals surface area contributed by atoms with Crippen molar-refractivity contribution in [1.29, 1.82) is 0 Å². The van der Waals surface area contributed by atoms with Crippen molar-refractivity contribution in [2.45, 2.75) is 65.5 Å². The molecule has 1 aliphatic heterocycles. The van der Waals surface area contributed by atoms with Crippen LogP contribution in [0.25, 0.3) is 5.57 Å². The molecule has 1 saturated carbocycles. The van der Waals surface area contributed by atoms with Crippen molar-refractivity contribution in [3.63, 3.8) is 0 Å². The number of hydrogen-bond donors (Lipinski definition) is 0. The fourth-order valence-corrected chi connectivity index (χ4v) is 6.82. The van der Waals surface area contributed by atoms with Crippen molar-refractivity contribution in [2.24, 2.45) is 11.8 Å². The van der Waals surface area contributed by atoms with Gasteiger partial charge in [-0.15, -0.1) is 11.3 Å². The number of hydrogen-bond acceptors (Lipinski definition) is 2. The first-order valence-electron chi connectivity index (χ1n) is 8.44. The highest BCUT2D eigenvalue weighted by molar-refractivity contribution is 7.13. The summed E-state index contributed by atoms with van der Waals surface area (Å²) in [5, 5.41) is 0. The van der Waals surface area contributed by atoms with E-state index in [9.17, 15) is 0 Å². The summed E-state index contributed by atoms with van der Waals surface area (Å²) in [5.41, 5.74) is 6.35. The molecule has 0 bridgehead atoms. The van der Waals surface area contributed by atoms with Crippen molar-refractivity contribution in [1.82, 2.24) is 4.90 Å². The summed E-state index contributed by atoms with van der Waals surface area (Å²) < 4.78 is 0. The van der Waals surface area contributed by atoms with Gasteiger partial charge in [0.15, 0.2) is 0 Å². The average Bonchev–Trinajstić information content (AvgIpc) is 2.69. The van der Waals surface area contributed by atoms with E-state index in [-0.39, 0.29) is 11.0 Å². The van der Waals surface area contributed by atoms with Crippen LogP contribution in [0.1, 0.15) is 55.5 Å². The first-order chi connectivity index (χ1) is 10.1. The van der Waals surface area contributed by atoms with Gasteiger partial charge < -0.3 is 4.90 Å². The second-order valence-electron chi connectivity index (χ2n) is 8.51. The number of fused-ring (bicyclic) bond motifs is 1. The Kier molecular flexibility index (Phi) is 2.58.